The number of ether oxygens (including phenoxy) is 3. The van der Waals surface area contributed by atoms with E-state index in [1.54, 1.807) is 0 Å². The Morgan fingerprint density at radius 2 is 0.635 bits per heavy atom. The van der Waals surface area contributed by atoms with E-state index in [-0.39, 0.29) is 37.5 Å². The summed E-state index contributed by atoms with van der Waals surface area (Å²) in [4.78, 5) is 37.9. The SMILES string of the molecule is CC/C=C\C/C=C\C/C=C\C/C=C\C/C=C\CCCC(=O)OCC(COC(=O)CCCCCCC/C=C\CCCCC)OC(=O)CCCCCCCC/C=C\C/C=C\C/C=C\CC. The predicted octanol–water partition coefficient (Wildman–Crippen LogP) is 16.8. The second kappa shape index (κ2) is 50.7. The number of carbonyl (C=O) groups excluding carboxylic acids is 3. The van der Waals surface area contributed by atoms with Gasteiger partial charge in [-0.15, -0.1) is 0 Å². The highest BCUT2D eigenvalue weighted by atomic mass is 16.6. The van der Waals surface area contributed by atoms with Crippen molar-refractivity contribution in [2.24, 2.45) is 0 Å². The van der Waals surface area contributed by atoms with Crippen molar-refractivity contribution in [2.75, 3.05) is 13.2 Å². The van der Waals surface area contributed by atoms with Crippen LogP contribution in [0.5, 0.6) is 0 Å². The minimum Gasteiger partial charge on any atom is -0.462 e. The summed E-state index contributed by atoms with van der Waals surface area (Å²) in [6, 6.07) is 0. The fraction of sp³-hybridized carbons (Fsp3) is 0.632. The van der Waals surface area contributed by atoms with Gasteiger partial charge in [0.25, 0.3) is 0 Å². The van der Waals surface area contributed by atoms with E-state index in [1.807, 2.05) is 0 Å². The lowest BCUT2D eigenvalue weighted by molar-refractivity contribution is -0.167. The summed E-state index contributed by atoms with van der Waals surface area (Å²) in [5.41, 5.74) is 0. The minimum absolute atomic E-state index is 0.108. The maximum Gasteiger partial charge on any atom is 0.306 e. The maximum atomic E-state index is 12.8. The Kier molecular flexibility index (Phi) is 47.5. The highest BCUT2D eigenvalue weighted by molar-refractivity contribution is 5.71. The van der Waals surface area contributed by atoms with Crippen LogP contribution in [0.1, 0.15) is 213 Å². The minimum atomic E-state index is -0.812. The van der Waals surface area contributed by atoms with Crippen LogP contribution in [0.3, 0.4) is 0 Å². The largest absolute Gasteiger partial charge is 0.462 e. The van der Waals surface area contributed by atoms with E-state index in [9.17, 15) is 14.4 Å². The van der Waals surface area contributed by atoms with Crippen LogP contribution >= 0.6 is 0 Å². The molecule has 0 aliphatic carbocycles. The molecule has 0 spiro atoms. The van der Waals surface area contributed by atoms with E-state index in [4.69, 9.17) is 14.2 Å². The van der Waals surface area contributed by atoms with Crippen molar-refractivity contribution in [3.8, 4) is 0 Å². The van der Waals surface area contributed by atoms with Crippen LogP contribution in [0.15, 0.2) is 109 Å². The van der Waals surface area contributed by atoms with Gasteiger partial charge in [-0.1, -0.05) is 188 Å². The first-order valence-corrected chi connectivity index (χ1v) is 25.4. The fourth-order valence-corrected chi connectivity index (χ4v) is 6.48. The van der Waals surface area contributed by atoms with Crippen molar-refractivity contribution in [1.82, 2.24) is 0 Å². The third kappa shape index (κ3) is 49.0. The number of hydrogen-bond donors (Lipinski definition) is 0. The average Bonchev–Trinajstić information content (AvgIpc) is 3.28. The topological polar surface area (TPSA) is 78.9 Å². The van der Waals surface area contributed by atoms with Crippen LogP contribution in [0, 0.1) is 0 Å². The number of allylic oxidation sites excluding steroid dienone is 18. The van der Waals surface area contributed by atoms with Crippen molar-refractivity contribution < 1.29 is 28.6 Å². The standard InChI is InChI=1S/C57H92O6/c1-4-7-10-13-16-19-22-25-27-29-31-32-35-38-41-44-47-50-56(59)62-53-54(52-61-55(58)49-46-43-40-37-34-24-21-18-15-12-9-6-3)63-57(60)51-48-45-42-39-36-33-30-28-26-23-20-17-14-11-8-5-2/h7-8,10-11,16-21,25-28,31-32,38,41,54H,4-6,9,12-15,22-24,29-30,33-37,39-40,42-53H2,1-3H3/b10-7-,11-8-,19-16-,20-17-,21-18-,27-25-,28-26-,32-31-,41-38-. The summed E-state index contributed by atoms with van der Waals surface area (Å²) >= 11 is 0. The van der Waals surface area contributed by atoms with Crippen LogP contribution < -0.4 is 0 Å². The maximum absolute atomic E-state index is 12.8. The Hall–Kier alpha value is -3.93. The molecule has 6 heteroatoms. The van der Waals surface area contributed by atoms with E-state index in [0.29, 0.717) is 19.3 Å². The second-order valence-electron chi connectivity index (χ2n) is 16.3. The molecular weight excluding hydrogens is 781 g/mol. The van der Waals surface area contributed by atoms with Gasteiger partial charge in [-0.25, -0.2) is 0 Å². The zero-order valence-corrected chi connectivity index (χ0v) is 40.5. The van der Waals surface area contributed by atoms with Crippen LogP contribution in [0.4, 0.5) is 0 Å². The first-order chi connectivity index (χ1) is 31.0. The Bertz CT molecular complexity index is 1330. The monoisotopic (exact) mass is 873 g/mol. The van der Waals surface area contributed by atoms with E-state index < -0.39 is 6.10 Å². The quantitative estimate of drug-likeness (QED) is 0.0263. The summed E-state index contributed by atoms with van der Waals surface area (Å²) < 4.78 is 16.7. The van der Waals surface area contributed by atoms with Crippen molar-refractivity contribution in [1.29, 1.82) is 0 Å². The lowest BCUT2D eigenvalue weighted by Crippen LogP contribution is -2.30. The summed E-state index contributed by atoms with van der Waals surface area (Å²) in [6.45, 7) is 6.30. The van der Waals surface area contributed by atoms with E-state index in [1.165, 1.54) is 44.9 Å². The zero-order chi connectivity index (χ0) is 45.8. The van der Waals surface area contributed by atoms with Crippen LogP contribution in [-0.4, -0.2) is 37.2 Å². The van der Waals surface area contributed by atoms with E-state index in [0.717, 1.165) is 122 Å². The average molecular weight is 873 g/mol. The molecule has 6 nitrogen and oxygen atoms in total. The summed E-state index contributed by atoms with van der Waals surface area (Å²) in [7, 11) is 0. The van der Waals surface area contributed by atoms with E-state index in [2.05, 4.69) is 130 Å². The van der Waals surface area contributed by atoms with Gasteiger partial charge in [-0.05, 0) is 116 Å². The van der Waals surface area contributed by atoms with Gasteiger partial charge in [0.2, 0.25) is 0 Å². The molecule has 0 amide bonds. The van der Waals surface area contributed by atoms with Crippen molar-refractivity contribution in [3.63, 3.8) is 0 Å². The molecule has 0 N–H and O–H groups in total. The molecule has 356 valence electrons. The van der Waals surface area contributed by atoms with Crippen LogP contribution in [0.2, 0.25) is 0 Å². The molecule has 0 rings (SSSR count). The molecule has 0 aromatic rings. The van der Waals surface area contributed by atoms with Crippen LogP contribution in [-0.2, 0) is 28.6 Å². The number of carbonyl (C=O) groups is 3. The normalized spacial score (nSPS) is 13.0. The molecule has 1 atom stereocenters. The molecule has 0 aromatic carbocycles. The van der Waals surface area contributed by atoms with E-state index >= 15 is 0 Å². The lowest BCUT2D eigenvalue weighted by Gasteiger charge is -2.18. The molecule has 0 aliphatic heterocycles. The van der Waals surface area contributed by atoms with Gasteiger partial charge in [0, 0.05) is 19.3 Å². The van der Waals surface area contributed by atoms with Gasteiger partial charge >= 0.3 is 17.9 Å². The van der Waals surface area contributed by atoms with Gasteiger partial charge < -0.3 is 14.2 Å². The molecule has 0 radical (unpaired) electrons. The molecule has 0 aromatic heterocycles. The van der Waals surface area contributed by atoms with Crippen molar-refractivity contribution in [3.05, 3.63) is 109 Å². The van der Waals surface area contributed by atoms with Crippen molar-refractivity contribution >= 4 is 17.9 Å². The highest BCUT2D eigenvalue weighted by Gasteiger charge is 2.19. The zero-order valence-electron chi connectivity index (χ0n) is 40.5. The molecule has 0 fully saturated rings. The van der Waals surface area contributed by atoms with Gasteiger partial charge in [0.1, 0.15) is 13.2 Å². The first-order valence-electron chi connectivity index (χ1n) is 25.4. The Morgan fingerprint density at radius 3 is 1.05 bits per heavy atom. The van der Waals surface area contributed by atoms with Crippen molar-refractivity contribution in [2.45, 2.75) is 219 Å². The number of rotatable bonds is 44. The number of unbranched alkanes of at least 4 members (excludes halogenated alkanes) is 15. The molecule has 0 heterocycles. The molecule has 0 aliphatic rings. The molecule has 0 saturated carbocycles. The van der Waals surface area contributed by atoms with Gasteiger partial charge in [-0.3, -0.25) is 14.4 Å². The summed E-state index contributed by atoms with van der Waals surface area (Å²) in [5, 5.41) is 0. The lowest BCUT2D eigenvalue weighted by atomic mass is 10.1. The highest BCUT2D eigenvalue weighted by Crippen LogP contribution is 2.13. The Morgan fingerprint density at radius 1 is 0.333 bits per heavy atom. The molecule has 63 heavy (non-hydrogen) atoms. The summed E-state index contributed by atoms with van der Waals surface area (Å²) in [6.07, 6.45) is 67.9. The Balaban J connectivity index is 4.52. The van der Waals surface area contributed by atoms with Gasteiger partial charge in [0.15, 0.2) is 6.10 Å². The van der Waals surface area contributed by atoms with Gasteiger partial charge in [-0.2, -0.15) is 0 Å². The predicted molar refractivity (Wildman–Crippen MR) is 270 cm³/mol. The molecular formula is C57H92O6. The Labute approximate surface area is 387 Å². The molecule has 1 unspecified atom stereocenters. The van der Waals surface area contributed by atoms with Crippen LogP contribution in [0.25, 0.3) is 0 Å². The smallest absolute Gasteiger partial charge is 0.306 e. The second-order valence-corrected chi connectivity index (χ2v) is 16.3. The summed E-state index contributed by atoms with van der Waals surface area (Å²) in [5.74, 6) is -0.997. The fourth-order valence-electron chi connectivity index (χ4n) is 6.48. The molecule has 0 saturated heterocycles. The molecule has 0 bridgehead atoms. The third-order valence-corrected chi connectivity index (χ3v) is 10.2. The number of hydrogen-bond acceptors (Lipinski definition) is 6. The third-order valence-electron chi connectivity index (χ3n) is 10.2. The number of esters is 3. The first kappa shape index (κ1) is 59.1. The van der Waals surface area contributed by atoms with Gasteiger partial charge in [0.05, 0.1) is 0 Å².